The minimum absolute atomic E-state index is 0.0177. The Labute approximate surface area is 215 Å². The van der Waals surface area contributed by atoms with E-state index >= 15 is 0 Å². The van der Waals surface area contributed by atoms with Crippen LogP contribution >= 0.6 is 0 Å². The van der Waals surface area contributed by atoms with E-state index in [1.54, 1.807) is 30.5 Å². The maximum Gasteiger partial charge on any atom is 0.208 e. The van der Waals surface area contributed by atoms with Gasteiger partial charge >= 0.3 is 0 Å². The molecule has 1 aliphatic heterocycles. The number of rotatable bonds is 10. The Kier molecular flexibility index (Phi) is 7.72. The van der Waals surface area contributed by atoms with Crippen molar-refractivity contribution < 1.29 is 18.7 Å². The third-order valence-corrected chi connectivity index (χ3v) is 6.44. The van der Waals surface area contributed by atoms with Gasteiger partial charge in [0, 0.05) is 50.6 Å². The first-order chi connectivity index (χ1) is 18.0. The van der Waals surface area contributed by atoms with Crippen LogP contribution in [0.25, 0.3) is 11.0 Å². The number of aromatic nitrogens is 3. The molecule has 3 heterocycles. The maximum absolute atomic E-state index is 13.2. The Hall–Kier alpha value is -3.82. The molecule has 1 N–H and O–H groups in total. The third-order valence-electron chi connectivity index (χ3n) is 6.44. The van der Waals surface area contributed by atoms with Gasteiger partial charge in [0.2, 0.25) is 5.95 Å². The van der Waals surface area contributed by atoms with Crippen LogP contribution in [-0.4, -0.2) is 58.1 Å². The number of imidazole rings is 1. The second-order valence-corrected chi connectivity index (χ2v) is 9.09. The average molecular weight is 504 g/mol. The van der Waals surface area contributed by atoms with Crippen molar-refractivity contribution in [2.75, 3.05) is 38.2 Å². The number of carbonyl (C=O) groups is 1. The number of morpholine rings is 1. The molecule has 0 unspecified atom stereocenters. The lowest BCUT2D eigenvalue weighted by Crippen LogP contribution is -2.36. The highest BCUT2D eigenvalue weighted by molar-refractivity contribution is 5.94. The van der Waals surface area contributed by atoms with Gasteiger partial charge in [0.1, 0.15) is 23.0 Å². The minimum Gasteiger partial charge on any atom is -0.457 e. The molecule has 37 heavy (non-hydrogen) atoms. The number of hydrogen-bond donors (Lipinski definition) is 1. The van der Waals surface area contributed by atoms with Crippen LogP contribution in [0.3, 0.4) is 0 Å². The molecule has 2 aromatic heterocycles. The quantitative estimate of drug-likeness (QED) is 0.231. The zero-order chi connectivity index (χ0) is 25.6. The molecule has 0 radical (unpaired) electrons. The van der Waals surface area contributed by atoms with Gasteiger partial charge in [0.15, 0.2) is 5.78 Å². The maximum atomic E-state index is 13.2. The largest absolute Gasteiger partial charge is 0.457 e. The van der Waals surface area contributed by atoms with Crippen molar-refractivity contribution in [3.05, 3.63) is 72.3 Å². The van der Waals surface area contributed by atoms with E-state index in [0.717, 1.165) is 62.4 Å². The summed E-state index contributed by atoms with van der Waals surface area (Å²) in [5.41, 5.74) is 2.81. The Balaban J connectivity index is 1.20. The van der Waals surface area contributed by atoms with Gasteiger partial charge in [-0.25, -0.2) is 9.37 Å². The topological polar surface area (TPSA) is 81.5 Å². The number of aryl methyl sites for hydroxylation is 1. The Bertz CT molecular complexity index is 1370. The normalized spacial score (nSPS) is 14.1. The van der Waals surface area contributed by atoms with E-state index in [4.69, 9.17) is 9.47 Å². The van der Waals surface area contributed by atoms with Crippen molar-refractivity contribution in [2.24, 2.45) is 7.05 Å². The number of Topliss-reactive ketones (excluding diaryl/α,β-unsaturated/α-hetero) is 1. The van der Waals surface area contributed by atoms with Crippen LogP contribution in [0.5, 0.6) is 11.5 Å². The van der Waals surface area contributed by atoms with Gasteiger partial charge in [0.05, 0.1) is 24.2 Å². The number of unbranched alkanes of at least 4 members (excludes halogenated alkanes) is 1. The Morgan fingerprint density at radius 1 is 1.05 bits per heavy atom. The van der Waals surface area contributed by atoms with E-state index in [1.165, 1.54) is 12.1 Å². The smallest absolute Gasteiger partial charge is 0.208 e. The van der Waals surface area contributed by atoms with Crippen LogP contribution in [0, 0.1) is 5.82 Å². The number of fused-ring (bicyclic) bond motifs is 1. The van der Waals surface area contributed by atoms with E-state index in [2.05, 4.69) is 20.2 Å². The van der Waals surface area contributed by atoms with Crippen molar-refractivity contribution in [2.45, 2.75) is 19.3 Å². The first kappa shape index (κ1) is 24.9. The fourth-order valence-electron chi connectivity index (χ4n) is 4.35. The number of carbonyl (C=O) groups excluding carboxylic acids is 1. The summed E-state index contributed by atoms with van der Waals surface area (Å²) in [6, 6.07) is 15.2. The van der Waals surface area contributed by atoms with Gasteiger partial charge in [-0.3, -0.25) is 14.7 Å². The summed E-state index contributed by atoms with van der Waals surface area (Å²) in [5.74, 6) is 1.51. The van der Waals surface area contributed by atoms with Crippen LogP contribution < -0.4 is 10.1 Å². The van der Waals surface area contributed by atoms with Gasteiger partial charge in [-0.15, -0.1) is 0 Å². The van der Waals surface area contributed by atoms with Crippen molar-refractivity contribution in [1.82, 2.24) is 19.4 Å². The number of nitrogens with zero attached hydrogens (tertiary/aromatic N) is 4. The summed E-state index contributed by atoms with van der Waals surface area (Å²) < 4.78 is 26.5. The molecule has 192 valence electrons. The first-order valence-electron chi connectivity index (χ1n) is 12.5. The highest BCUT2D eigenvalue weighted by Gasteiger charge is 2.13. The van der Waals surface area contributed by atoms with Crippen LogP contribution in [-0.2, 0) is 11.8 Å². The molecular weight excluding hydrogens is 473 g/mol. The van der Waals surface area contributed by atoms with Gasteiger partial charge in [-0.05, 0) is 61.9 Å². The van der Waals surface area contributed by atoms with E-state index in [-0.39, 0.29) is 11.6 Å². The highest BCUT2D eigenvalue weighted by Crippen LogP contribution is 2.28. The molecule has 0 amide bonds. The average Bonchev–Trinajstić information content (AvgIpc) is 3.22. The molecule has 1 saturated heterocycles. The molecule has 1 aliphatic rings. The zero-order valence-corrected chi connectivity index (χ0v) is 20.8. The van der Waals surface area contributed by atoms with Crippen LogP contribution in [0.15, 0.2) is 60.8 Å². The lowest BCUT2D eigenvalue weighted by Gasteiger charge is -2.26. The zero-order valence-electron chi connectivity index (χ0n) is 20.8. The molecule has 8 nitrogen and oxygen atoms in total. The van der Waals surface area contributed by atoms with Crippen molar-refractivity contribution in [3.8, 4) is 11.5 Å². The van der Waals surface area contributed by atoms with E-state index in [0.29, 0.717) is 29.6 Å². The molecule has 5 rings (SSSR count). The molecule has 2 aromatic carbocycles. The predicted octanol–water partition coefficient (Wildman–Crippen LogP) is 5.33. The lowest BCUT2D eigenvalue weighted by molar-refractivity contribution is 0.0371. The Morgan fingerprint density at radius 2 is 1.84 bits per heavy atom. The molecule has 0 atom stereocenters. The van der Waals surface area contributed by atoms with Crippen LogP contribution in [0.4, 0.5) is 16.0 Å². The van der Waals surface area contributed by atoms with Gasteiger partial charge in [-0.2, -0.15) is 0 Å². The summed E-state index contributed by atoms with van der Waals surface area (Å²) in [4.78, 5) is 24.0. The number of benzene rings is 2. The summed E-state index contributed by atoms with van der Waals surface area (Å²) in [7, 11) is 1.91. The minimum atomic E-state index is -0.290. The fourth-order valence-corrected chi connectivity index (χ4v) is 4.35. The third kappa shape index (κ3) is 6.31. The molecule has 9 heteroatoms. The van der Waals surface area contributed by atoms with E-state index in [9.17, 15) is 9.18 Å². The van der Waals surface area contributed by atoms with Gasteiger partial charge in [0.25, 0.3) is 0 Å². The summed E-state index contributed by atoms with van der Waals surface area (Å²) in [6.07, 6.45) is 3.86. The molecule has 1 fully saturated rings. The molecule has 0 aliphatic carbocycles. The number of ketones is 1. The van der Waals surface area contributed by atoms with Gasteiger partial charge in [-0.1, -0.05) is 0 Å². The second kappa shape index (κ2) is 11.5. The summed E-state index contributed by atoms with van der Waals surface area (Å²) >= 11 is 0. The number of nitrogens with one attached hydrogen (secondary N) is 1. The number of pyridine rings is 1. The van der Waals surface area contributed by atoms with Gasteiger partial charge < -0.3 is 19.4 Å². The predicted molar refractivity (Wildman–Crippen MR) is 140 cm³/mol. The molecular formula is C28H30FN5O3. The fraction of sp³-hybridized carbons (Fsp3) is 0.321. The number of ether oxygens (including phenoxy) is 2. The van der Waals surface area contributed by atoms with Crippen molar-refractivity contribution in [1.29, 1.82) is 0 Å². The molecule has 0 spiro atoms. The first-order valence-corrected chi connectivity index (χ1v) is 12.5. The number of halogens is 1. The second-order valence-electron chi connectivity index (χ2n) is 9.09. The lowest BCUT2D eigenvalue weighted by atomic mass is 10.1. The SMILES string of the molecule is Cn1c(Nc2ccc(F)cc2)nc2cc(Oc3ccnc(C(=O)CCCCN4CCOCC4)c3)ccc21. The standard InChI is InChI=1S/C28H30FN5O3/c1-33-26-10-9-22(18-24(26)32-28(33)31-21-7-5-20(29)6-8-21)37-23-11-12-30-25(19-23)27(35)4-2-3-13-34-14-16-36-17-15-34/h5-12,18-19H,2-4,13-17H2,1H3,(H,31,32). The monoisotopic (exact) mass is 503 g/mol. The van der Waals surface area contributed by atoms with Crippen LogP contribution in [0.1, 0.15) is 29.8 Å². The van der Waals surface area contributed by atoms with E-state index < -0.39 is 0 Å². The molecule has 0 saturated carbocycles. The van der Waals surface area contributed by atoms with Crippen molar-refractivity contribution in [3.63, 3.8) is 0 Å². The number of hydrogen-bond acceptors (Lipinski definition) is 7. The molecule has 0 bridgehead atoms. The highest BCUT2D eigenvalue weighted by atomic mass is 19.1. The van der Waals surface area contributed by atoms with E-state index in [1.807, 2.05) is 29.8 Å². The van der Waals surface area contributed by atoms with Crippen molar-refractivity contribution >= 4 is 28.5 Å². The summed E-state index contributed by atoms with van der Waals surface area (Å²) in [5, 5.41) is 3.21. The Morgan fingerprint density at radius 3 is 2.65 bits per heavy atom. The molecule has 4 aromatic rings. The number of anilines is 2. The summed E-state index contributed by atoms with van der Waals surface area (Å²) in [6.45, 7) is 4.49. The van der Waals surface area contributed by atoms with Crippen LogP contribution in [0.2, 0.25) is 0 Å².